The summed E-state index contributed by atoms with van der Waals surface area (Å²) in [6.07, 6.45) is 1.70. The minimum atomic E-state index is -3.53. The molecule has 0 amide bonds. The Kier molecular flexibility index (Phi) is 5.16. The van der Waals surface area contributed by atoms with Crippen LogP contribution in [0, 0.1) is 6.92 Å². The van der Waals surface area contributed by atoms with Gasteiger partial charge in [0.25, 0.3) is 0 Å². The number of nitrogens with zero attached hydrogens (tertiary/aromatic N) is 3. The molecule has 134 valence electrons. The molecule has 25 heavy (non-hydrogen) atoms. The second-order valence-corrected chi connectivity index (χ2v) is 7.58. The zero-order valence-corrected chi connectivity index (χ0v) is 15.0. The van der Waals surface area contributed by atoms with E-state index in [0.717, 1.165) is 5.56 Å². The van der Waals surface area contributed by atoms with Crippen LogP contribution in [0.5, 0.6) is 0 Å². The third-order valence-electron chi connectivity index (χ3n) is 3.90. The van der Waals surface area contributed by atoms with Crippen LogP contribution in [0.25, 0.3) is 0 Å². The number of ether oxygens (including phenoxy) is 1. The van der Waals surface area contributed by atoms with E-state index in [-0.39, 0.29) is 4.90 Å². The van der Waals surface area contributed by atoms with E-state index in [1.54, 1.807) is 37.5 Å². The molecule has 1 aliphatic heterocycles. The predicted octanol–water partition coefficient (Wildman–Crippen LogP) is 1.59. The first kappa shape index (κ1) is 17.6. The molecule has 1 aromatic carbocycles. The molecular weight excluding hydrogens is 342 g/mol. The SMILES string of the molecule is CNc1ncc(C)c(Nc2cccc(S(=O)(=O)N3CCOCC3)c2)n1. The lowest BCUT2D eigenvalue weighted by molar-refractivity contribution is 0.0730. The highest BCUT2D eigenvalue weighted by molar-refractivity contribution is 7.89. The molecule has 1 saturated heterocycles. The van der Waals surface area contributed by atoms with Gasteiger partial charge < -0.3 is 15.4 Å². The summed E-state index contributed by atoms with van der Waals surface area (Å²) in [5.74, 6) is 1.12. The Labute approximate surface area is 147 Å². The van der Waals surface area contributed by atoms with Crippen LogP contribution < -0.4 is 10.6 Å². The van der Waals surface area contributed by atoms with Gasteiger partial charge in [-0.15, -0.1) is 0 Å². The first-order valence-corrected chi connectivity index (χ1v) is 9.41. The van der Waals surface area contributed by atoms with Gasteiger partial charge in [0.05, 0.1) is 18.1 Å². The predicted molar refractivity (Wildman–Crippen MR) is 95.6 cm³/mol. The van der Waals surface area contributed by atoms with Crippen LogP contribution in [0.3, 0.4) is 0 Å². The number of hydrogen-bond acceptors (Lipinski definition) is 7. The summed E-state index contributed by atoms with van der Waals surface area (Å²) in [6.45, 7) is 3.47. The van der Waals surface area contributed by atoms with Crippen molar-refractivity contribution in [2.75, 3.05) is 44.0 Å². The molecule has 0 radical (unpaired) electrons. The lowest BCUT2D eigenvalue weighted by Crippen LogP contribution is -2.40. The largest absolute Gasteiger partial charge is 0.379 e. The molecule has 0 aliphatic carbocycles. The molecule has 0 unspecified atom stereocenters. The maximum atomic E-state index is 12.8. The fourth-order valence-corrected chi connectivity index (χ4v) is 3.95. The molecule has 0 bridgehead atoms. The number of sulfonamides is 1. The van der Waals surface area contributed by atoms with Crippen molar-refractivity contribution in [1.29, 1.82) is 0 Å². The molecule has 2 N–H and O–H groups in total. The molecule has 0 spiro atoms. The van der Waals surface area contributed by atoms with Crippen molar-refractivity contribution in [2.24, 2.45) is 0 Å². The number of hydrogen-bond donors (Lipinski definition) is 2. The molecule has 0 atom stereocenters. The Bertz CT molecular complexity index is 851. The summed E-state index contributed by atoms with van der Waals surface area (Å²) >= 11 is 0. The minimum Gasteiger partial charge on any atom is -0.379 e. The highest BCUT2D eigenvalue weighted by Gasteiger charge is 2.26. The summed E-state index contributed by atoms with van der Waals surface area (Å²) in [5, 5.41) is 6.05. The van der Waals surface area contributed by atoms with Gasteiger partial charge in [-0.2, -0.15) is 9.29 Å². The van der Waals surface area contributed by atoms with E-state index < -0.39 is 10.0 Å². The van der Waals surface area contributed by atoms with Crippen molar-refractivity contribution < 1.29 is 13.2 Å². The highest BCUT2D eigenvalue weighted by atomic mass is 32.2. The fourth-order valence-electron chi connectivity index (χ4n) is 2.50. The molecule has 0 saturated carbocycles. The van der Waals surface area contributed by atoms with Gasteiger partial charge >= 0.3 is 0 Å². The quantitative estimate of drug-likeness (QED) is 0.833. The van der Waals surface area contributed by atoms with Gasteiger partial charge in [-0.05, 0) is 25.1 Å². The summed E-state index contributed by atoms with van der Waals surface area (Å²) in [4.78, 5) is 8.75. The average Bonchev–Trinajstić information content (AvgIpc) is 2.64. The van der Waals surface area contributed by atoms with Crippen LogP contribution in [0.15, 0.2) is 35.4 Å². The zero-order valence-electron chi connectivity index (χ0n) is 14.2. The van der Waals surface area contributed by atoms with Gasteiger partial charge in [-0.1, -0.05) is 6.07 Å². The number of morpholine rings is 1. The van der Waals surface area contributed by atoms with E-state index >= 15 is 0 Å². The summed E-state index contributed by atoms with van der Waals surface area (Å²) < 4.78 is 32.2. The topological polar surface area (TPSA) is 96.5 Å². The Hall–Kier alpha value is -2.23. The van der Waals surface area contributed by atoms with E-state index in [1.165, 1.54) is 4.31 Å². The Morgan fingerprint density at radius 2 is 2.00 bits per heavy atom. The van der Waals surface area contributed by atoms with Crippen LogP contribution >= 0.6 is 0 Å². The molecule has 9 heteroatoms. The second-order valence-electron chi connectivity index (χ2n) is 5.64. The van der Waals surface area contributed by atoms with Crippen LogP contribution in [-0.2, 0) is 14.8 Å². The maximum Gasteiger partial charge on any atom is 0.243 e. The maximum absolute atomic E-state index is 12.8. The van der Waals surface area contributed by atoms with Crippen LogP contribution in [-0.4, -0.2) is 56.0 Å². The zero-order chi connectivity index (χ0) is 17.9. The molecule has 2 heterocycles. The summed E-state index contributed by atoms with van der Waals surface area (Å²) in [5.41, 5.74) is 1.51. The van der Waals surface area contributed by atoms with E-state index in [2.05, 4.69) is 20.6 Å². The monoisotopic (exact) mass is 363 g/mol. The molecular formula is C16H21N5O3S. The number of aryl methyl sites for hydroxylation is 1. The molecule has 3 rings (SSSR count). The summed E-state index contributed by atoms with van der Waals surface area (Å²) in [7, 11) is -1.79. The van der Waals surface area contributed by atoms with E-state index in [9.17, 15) is 8.42 Å². The fraction of sp³-hybridized carbons (Fsp3) is 0.375. The van der Waals surface area contributed by atoms with Crippen molar-refractivity contribution in [3.05, 3.63) is 36.0 Å². The highest BCUT2D eigenvalue weighted by Crippen LogP contribution is 2.24. The third kappa shape index (κ3) is 3.89. The Morgan fingerprint density at radius 1 is 1.24 bits per heavy atom. The van der Waals surface area contributed by atoms with Gasteiger partial charge in [0.2, 0.25) is 16.0 Å². The molecule has 1 fully saturated rings. The minimum absolute atomic E-state index is 0.250. The standard InChI is InChI=1S/C16H21N5O3S/c1-12-11-18-16(17-2)20-15(12)19-13-4-3-5-14(10-13)25(22,23)21-6-8-24-9-7-21/h3-5,10-11H,6-9H2,1-2H3,(H2,17,18,19,20). The van der Waals surface area contributed by atoms with Crippen molar-refractivity contribution in [3.63, 3.8) is 0 Å². The number of benzene rings is 1. The number of anilines is 3. The van der Waals surface area contributed by atoms with Gasteiger partial charge in [0.1, 0.15) is 5.82 Å². The van der Waals surface area contributed by atoms with Crippen molar-refractivity contribution in [3.8, 4) is 0 Å². The van der Waals surface area contributed by atoms with E-state index in [0.29, 0.717) is 43.8 Å². The Morgan fingerprint density at radius 3 is 2.72 bits per heavy atom. The van der Waals surface area contributed by atoms with E-state index in [1.807, 2.05) is 6.92 Å². The van der Waals surface area contributed by atoms with Crippen molar-refractivity contribution in [1.82, 2.24) is 14.3 Å². The van der Waals surface area contributed by atoms with Gasteiger partial charge in [0.15, 0.2) is 0 Å². The van der Waals surface area contributed by atoms with Crippen molar-refractivity contribution in [2.45, 2.75) is 11.8 Å². The van der Waals surface area contributed by atoms with Crippen LogP contribution in [0.1, 0.15) is 5.56 Å². The first-order chi connectivity index (χ1) is 12.0. The van der Waals surface area contributed by atoms with Crippen LogP contribution in [0.4, 0.5) is 17.5 Å². The second kappa shape index (κ2) is 7.34. The number of rotatable bonds is 5. The average molecular weight is 363 g/mol. The lowest BCUT2D eigenvalue weighted by atomic mass is 10.3. The van der Waals surface area contributed by atoms with E-state index in [4.69, 9.17) is 4.74 Å². The van der Waals surface area contributed by atoms with Crippen LogP contribution in [0.2, 0.25) is 0 Å². The molecule has 2 aromatic rings. The molecule has 1 aliphatic rings. The van der Waals surface area contributed by atoms with Gasteiger partial charge in [-0.3, -0.25) is 0 Å². The summed E-state index contributed by atoms with van der Waals surface area (Å²) in [6, 6.07) is 6.73. The van der Waals surface area contributed by atoms with Crippen molar-refractivity contribution >= 4 is 27.5 Å². The molecule has 8 nitrogen and oxygen atoms in total. The number of nitrogens with one attached hydrogen (secondary N) is 2. The third-order valence-corrected chi connectivity index (χ3v) is 5.79. The number of aromatic nitrogens is 2. The Balaban J connectivity index is 1.87. The van der Waals surface area contributed by atoms with Gasteiger partial charge in [-0.25, -0.2) is 13.4 Å². The molecule has 1 aromatic heterocycles. The smallest absolute Gasteiger partial charge is 0.243 e. The first-order valence-electron chi connectivity index (χ1n) is 7.97. The van der Waals surface area contributed by atoms with Gasteiger partial charge in [0, 0.05) is 37.6 Å². The normalized spacial score (nSPS) is 15.8. The lowest BCUT2D eigenvalue weighted by Gasteiger charge is -2.26.